The first kappa shape index (κ1) is 24.8. The number of hydrogen-bond donors (Lipinski definition) is 3. The molecule has 1 saturated carbocycles. The van der Waals surface area contributed by atoms with Crippen LogP contribution in [0, 0.1) is 0 Å². The predicted octanol–water partition coefficient (Wildman–Crippen LogP) is 5.40. The van der Waals surface area contributed by atoms with Crippen molar-refractivity contribution in [1.29, 1.82) is 0 Å². The fourth-order valence-electron chi connectivity index (χ4n) is 4.79. The molecule has 0 atom stereocenters. The van der Waals surface area contributed by atoms with Crippen LogP contribution < -0.4 is 10.6 Å². The molecule has 0 radical (unpaired) electrons. The second kappa shape index (κ2) is 9.86. The third-order valence-electron chi connectivity index (χ3n) is 6.64. The lowest BCUT2D eigenvalue weighted by Gasteiger charge is -2.43. The van der Waals surface area contributed by atoms with Crippen LogP contribution in [-0.2, 0) is 10.3 Å². The van der Waals surface area contributed by atoms with Crippen molar-refractivity contribution in [1.82, 2.24) is 19.9 Å². The molecule has 2 heterocycles. The van der Waals surface area contributed by atoms with E-state index in [4.69, 9.17) is 9.84 Å². The monoisotopic (exact) mass is 499 g/mol. The number of nitrogens with zero attached hydrogens (tertiary/aromatic N) is 3. The second-order valence-electron chi connectivity index (χ2n) is 10.5. The summed E-state index contributed by atoms with van der Waals surface area (Å²) in [4.78, 5) is 21.7. The molecule has 2 aromatic heterocycles. The van der Waals surface area contributed by atoms with Gasteiger partial charge in [-0.3, -0.25) is 0 Å². The number of nitrogens with one attached hydrogen (secondary N) is 2. The van der Waals surface area contributed by atoms with Crippen molar-refractivity contribution in [2.75, 3.05) is 18.5 Å². The van der Waals surface area contributed by atoms with E-state index in [2.05, 4.69) is 67.6 Å². The molecule has 192 valence electrons. The van der Waals surface area contributed by atoms with Gasteiger partial charge in [0.15, 0.2) is 0 Å². The molecule has 0 spiro atoms. The Hall–Kier alpha value is -3.91. The second-order valence-corrected chi connectivity index (χ2v) is 10.5. The van der Waals surface area contributed by atoms with Crippen molar-refractivity contribution >= 4 is 23.1 Å². The quantitative estimate of drug-likeness (QED) is 0.315. The van der Waals surface area contributed by atoms with Gasteiger partial charge in [-0.05, 0) is 69.4 Å². The molecule has 1 fully saturated rings. The van der Waals surface area contributed by atoms with Crippen molar-refractivity contribution in [3.8, 4) is 16.9 Å². The lowest BCUT2D eigenvalue weighted by Crippen LogP contribution is -2.52. The molecule has 0 bridgehead atoms. The van der Waals surface area contributed by atoms with Crippen LogP contribution in [0.2, 0.25) is 0 Å². The van der Waals surface area contributed by atoms with Crippen LogP contribution >= 0.6 is 0 Å². The predicted molar refractivity (Wildman–Crippen MR) is 145 cm³/mol. The van der Waals surface area contributed by atoms with Crippen LogP contribution in [0.1, 0.15) is 45.6 Å². The molecule has 4 aromatic rings. The van der Waals surface area contributed by atoms with Gasteiger partial charge in [-0.15, -0.1) is 0 Å². The summed E-state index contributed by atoms with van der Waals surface area (Å²) < 4.78 is 7.69. The molecule has 3 N–H and O–H groups in total. The standard InChI is InChI=1S/C29H33N5O3/c1-28(2,3)37-27(36)33-29(14-7-15-29)21-10-12-22(13-11-21)34-24(20-8-5-4-6-9-20)18-23-25(34)19-31-26(32-23)30-16-17-35/h4-6,8-13,18-19,35H,7,14-17H2,1-3H3,(H,33,36)(H,30,31,32). The molecule has 5 rings (SSSR count). The number of amides is 1. The summed E-state index contributed by atoms with van der Waals surface area (Å²) in [5.41, 5.74) is 4.85. The maximum absolute atomic E-state index is 12.6. The number of aliphatic hydroxyl groups is 1. The molecule has 1 aliphatic rings. The zero-order valence-corrected chi connectivity index (χ0v) is 21.5. The maximum atomic E-state index is 12.6. The van der Waals surface area contributed by atoms with Gasteiger partial charge in [0.05, 0.1) is 35.1 Å². The highest BCUT2D eigenvalue weighted by atomic mass is 16.6. The average molecular weight is 500 g/mol. The van der Waals surface area contributed by atoms with E-state index in [1.54, 1.807) is 6.20 Å². The zero-order chi connectivity index (χ0) is 26.0. The van der Waals surface area contributed by atoms with E-state index in [-0.39, 0.29) is 12.7 Å². The molecule has 0 unspecified atom stereocenters. The molecule has 8 heteroatoms. The van der Waals surface area contributed by atoms with Crippen LogP contribution in [0.25, 0.3) is 28.0 Å². The minimum absolute atomic E-state index is 0.00823. The molecule has 0 aliphatic heterocycles. The fourth-order valence-corrected chi connectivity index (χ4v) is 4.79. The molecular weight excluding hydrogens is 466 g/mol. The van der Waals surface area contributed by atoms with Crippen LogP contribution in [0.3, 0.4) is 0 Å². The minimum atomic E-state index is -0.544. The third kappa shape index (κ3) is 5.15. The van der Waals surface area contributed by atoms with E-state index < -0.39 is 11.1 Å². The summed E-state index contributed by atoms with van der Waals surface area (Å²) in [6, 6.07) is 20.6. The Morgan fingerprint density at radius 3 is 2.46 bits per heavy atom. The van der Waals surface area contributed by atoms with Crippen molar-refractivity contribution in [2.45, 2.75) is 51.2 Å². The fraction of sp³-hybridized carbons (Fsp3) is 0.345. The van der Waals surface area contributed by atoms with Gasteiger partial charge in [-0.1, -0.05) is 42.5 Å². The van der Waals surface area contributed by atoms with Crippen molar-refractivity contribution in [3.05, 3.63) is 72.4 Å². The topological polar surface area (TPSA) is 101 Å². The molecule has 8 nitrogen and oxygen atoms in total. The van der Waals surface area contributed by atoms with Gasteiger partial charge in [-0.25, -0.2) is 14.8 Å². The largest absolute Gasteiger partial charge is 0.444 e. The highest BCUT2D eigenvalue weighted by Gasteiger charge is 2.41. The number of alkyl carbamates (subject to hydrolysis) is 1. The van der Waals surface area contributed by atoms with Crippen molar-refractivity contribution in [3.63, 3.8) is 0 Å². The summed E-state index contributed by atoms with van der Waals surface area (Å²) in [7, 11) is 0. The van der Waals surface area contributed by atoms with E-state index in [9.17, 15) is 4.79 Å². The molecule has 2 aromatic carbocycles. The summed E-state index contributed by atoms with van der Waals surface area (Å²) >= 11 is 0. The Morgan fingerprint density at radius 1 is 1.11 bits per heavy atom. The summed E-state index contributed by atoms with van der Waals surface area (Å²) in [6.07, 6.45) is 4.24. The van der Waals surface area contributed by atoms with Gasteiger partial charge in [0, 0.05) is 12.2 Å². The number of carbonyl (C=O) groups is 1. The molecule has 0 saturated heterocycles. The van der Waals surface area contributed by atoms with Crippen LogP contribution in [0.15, 0.2) is 66.9 Å². The van der Waals surface area contributed by atoms with Crippen LogP contribution in [0.5, 0.6) is 0 Å². The number of rotatable bonds is 7. The van der Waals surface area contributed by atoms with Gasteiger partial charge in [0.1, 0.15) is 5.60 Å². The molecule has 1 amide bonds. The first-order valence-corrected chi connectivity index (χ1v) is 12.7. The number of aromatic nitrogens is 3. The maximum Gasteiger partial charge on any atom is 0.408 e. The molecule has 37 heavy (non-hydrogen) atoms. The van der Waals surface area contributed by atoms with E-state index in [0.717, 1.165) is 52.8 Å². The lowest BCUT2D eigenvalue weighted by atomic mass is 9.72. The number of benzene rings is 2. The van der Waals surface area contributed by atoms with E-state index in [1.807, 2.05) is 39.0 Å². The number of ether oxygens (including phenoxy) is 1. The lowest BCUT2D eigenvalue weighted by molar-refractivity contribution is 0.0377. The van der Waals surface area contributed by atoms with Crippen molar-refractivity contribution in [2.24, 2.45) is 0 Å². The van der Waals surface area contributed by atoms with Gasteiger partial charge < -0.3 is 25.0 Å². The summed E-state index contributed by atoms with van der Waals surface area (Å²) in [5, 5.41) is 15.3. The number of aliphatic hydroxyl groups excluding tert-OH is 1. The number of anilines is 1. The van der Waals surface area contributed by atoms with Gasteiger partial charge >= 0.3 is 6.09 Å². The smallest absolute Gasteiger partial charge is 0.408 e. The number of fused-ring (bicyclic) bond motifs is 1. The van der Waals surface area contributed by atoms with Gasteiger partial charge in [0.2, 0.25) is 5.95 Å². The van der Waals surface area contributed by atoms with Crippen LogP contribution in [-0.4, -0.2) is 44.5 Å². The first-order valence-electron chi connectivity index (χ1n) is 12.7. The Kier molecular flexibility index (Phi) is 6.60. The Bertz CT molecular complexity index is 1390. The van der Waals surface area contributed by atoms with E-state index >= 15 is 0 Å². The average Bonchev–Trinajstić information content (AvgIpc) is 3.23. The van der Waals surface area contributed by atoms with E-state index in [0.29, 0.717) is 12.5 Å². The third-order valence-corrected chi connectivity index (χ3v) is 6.64. The van der Waals surface area contributed by atoms with Gasteiger partial charge in [-0.2, -0.15) is 0 Å². The minimum Gasteiger partial charge on any atom is -0.444 e. The Morgan fingerprint density at radius 2 is 1.84 bits per heavy atom. The molecule has 1 aliphatic carbocycles. The number of carbonyl (C=O) groups excluding carboxylic acids is 1. The van der Waals surface area contributed by atoms with Crippen LogP contribution in [0.4, 0.5) is 10.7 Å². The Labute approximate surface area is 216 Å². The highest BCUT2D eigenvalue weighted by Crippen LogP contribution is 2.42. The molecular formula is C29H33N5O3. The Balaban J connectivity index is 1.51. The van der Waals surface area contributed by atoms with E-state index in [1.165, 1.54) is 0 Å². The highest BCUT2D eigenvalue weighted by molar-refractivity contribution is 5.86. The SMILES string of the molecule is CC(C)(C)OC(=O)NC1(c2ccc(-n3c(-c4ccccc4)cc4nc(NCCO)ncc43)cc2)CCC1. The normalized spacial score (nSPS) is 14.7. The van der Waals surface area contributed by atoms with Crippen molar-refractivity contribution < 1.29 is 14.6 Å². The number of hydrogen-bond acceptors (Lipinski definition) is 6. The van der Waals surface area contributed by atoms with Gasteiger partial charge in [0.25, 0.3) is 0 Å². The zero-order valence-electron chi connectivity index (χ0n) is 21.5. The first-order chi connectivity index (χ1) is 17.8. The summed E-state index contributed by atoms with van der Waals surface area (Å²) in [5.74, 6) is 0.480. The summed E-state index contributed by atoms with van der Waals surface area (Å²) in [6.45, 7) is 6.01.